The van der Waals surface area contributed by atoms with Crippen LogP contribution in [0.5, 0.6) is 5.75 Å². The SMILES string of the molecule is COc1ccc(Nc2ccc(N(C)c3ccc(C4CCCCC4)cc3)cc2C)c(/C(N)=N/NN)c1. The van der Waals surface area contributed by atoms with E-state index < -0.39 is 0 Å². The maximum atomic E-state index is 6.11. The average molecular weight is 473 g/mol. The van der Waals surface area contributed by atoms with Crippen molar-refractivity contribution in [3.8, 4) is 5.75 Å². The maximum absolute atomic E-state index is 6.11. The Labute approximate surface area is 208 Å². The van der Waals surface area contributed by atoms with E-state index in [2.05, 4.69) is 77.3 Å². The Morgan fingerprint density at radius 2 is 1.63 bits per heavy atom. The first-order valence-corrected chi connectivity index (χ1v) is 12.2. The third-order valence-corrected chi connectivity index (χ3v) is 6.91. The highest BCUT2D eigenvalue weighted by molar-refractivity contribution is 6.03. The molecule has 4 rings (SSSR count). The lowest BCUT2D eigenvalue weighted by Crippen LogP contribution is -2.23. The molecule has 0 amide bonds. The van der Waals surface area contributed by atoms with E-state index in [-0.39, 0.29) is 5.84 Å². The van der Waals surface area contributed by atoms with Gasteiger partial charge in [0.25, 0.3) is 0 Å². The Balaban J connectivity index is 1.52. The summed E-state index contributed by atoms with van der Waals surface area (Å²) in [6.45, 7) is 2.09. The van der Waals surface area contributed by atoms with E-state index in [1.165, 1.54) is 43.4 Å². The van der Waals surface area contributed by atoms with Gasteiger partial charge in [0.2, 0.25) is 0 Å². The second-order valence-electron chi connectivity index (χ2n) is 9.15. The third kappa shape index (κ3) is 5.69. The fraction of sp³-hybridized carbons (Fsp3) is 0.321. The van der Waals surface area contributed by atoms with Crippen molar-refractivity contribution in [2.45, 2.75) is 44.9 Å². The highest BCUT2D eigenvalue weighted by Crippen LogP contribution is 2.35. The van der Waals surface area contributed by atoms with Gasteiger partial charge in [0, 0.05) is 35.4 Å². The summed E-state index contributed by atoms with van der Waals surface area (Å²) >= 11 is 0. The van der Waals surface area contributed by atoms with E-state index in [0.717, 1.165) is 28.5 Å². The molecule has 0 aromatic heterocycles. The molecule has 0 atom stereocenters. The number of anilines is 4. The Bertz CT molecular complexity index is 1170. The van der Waals surface area contributed by atoms with Crippen LogP contribution in [0.3, 0.4) is 0 Å². The molecule has 184 valence electrons. The smallest absolute Gasteiger partial charge is 0.154 e. The molecule has 6 N–H and O–H groups in total. The lowest BCUT2D eigenvalue weighted by atomic mass is 9.84. The Hall–Kier alpha value is -3.71. The summed E-state index contributed by atoms with van der Waals surface area (Å²) in [5, 5.41) is 7.40. The zero-order valence-corrected chi connectivity index (χ0v) is 20.8. The number of hydrazine groups is 1. The molecule has 0 heterocycles. The van der Waals surface area contributed by atoms with Crippen molar-refractivity contribution in [2.24, 2.45) is 16.7 Å². The number of amidine groups is 1. The normalized spacial score (nSPS) is 14.5. The topological polar surface area (TPSA) is 101 Å². The van der Waals surface area contributed by atoms with Crippen LogP contribution in [-0.4, -0.2) is 20.0 Å². The van der Waals surface area contributed by atoms with Crippen LogP contribution in [0.2, 0.25) is 0 Å². The first-order valence-electron chi connectivity index (χ1n) is 12.2. The van der Waals surface area contributed by atoms with Crippen molar-refractivity contribution in [1.29, 1.82) is 0 Å². The fourth-order valence-corrected chi connectivity index (χ4v) is 4.80. The predicted molar refractivity (Wildman–Crippen MR) is 146 cm³/mol. The van der Waals surface area contributed by atoms with E-state index in [9.17, 15) is 0 Å². The molecular weight excluding hydrogens is 436 g/mol. The van der Waals surface area contributed by atoms with Crippen molar-refractivity contribution < 1.29 is 4.74 Å². The first-order chi connectivity index (χ1) is 17.0. The van der Waals surface area contributed by atoms with Crippen LogP contribution in [0.1, 0.15) is 54.7 Å². The van der Waals surface area contributed by atoms with E-state index in [4.69, 9.17) is 16.3 Å². The summed E-state index contributed by atoms with van der Waals surface area (Å²) in [5.41, 5.74) is 15.7. The van der Waals surface area contributed by atoms with Crippen molar-refractivity contribution >= 4 is 28.6 Å². The van der Waals surface area contributed by atoms with E-state index in [1.54, 1.807) is 7.11 Å². The molecule has 0 aliphatic heterocycles. The quantitative estimate of drug-likeness (QED) is 0.146. The number of methoxy groups -OCH3 is 1. The summed E-state index contributed by atoms with van der Waals surface area (Å²) in [7, 11) is 3.72. The Morgan fingerprint density at radius 3 is 2.29 bits per heavy atom. The lowest BCUT2D eigenvalue weighted by molar-refractivity contribution is 0.415. The number of ether oxygens (including phenoxy) is 1. The Kier molecular flexibility index (Phi) is 7.77. The summed E-state index contributed by atoms with van der Waals surface area (Å²) in [5.74, 6) is 7.00. The van der Waals surface area contributed by atoms with Crippen LogP contribution < -0.4 is 32.1 Å². The molecule has 3 aromatic rings. The predicted octanol–water partition coefficient (Wildman–Crippen LogP) is 5.65. The summed E-state index contributed by atoms with van der Waals surface area (Å²) < 4.78 is 5.34. The average Bonchev–Trinajstić information content (AvgIpc) is 2.90. The van der Waals surface area contributed by atoms with Crippen LogP contribution >= 0.6 is 0 Å². The first kappa shape index (κ1) is 24.4. The standard InChI is InChI=1S/C28H36N6O/c1-19-17-23(34(2)22-11-9-21(10-12-22)20-7-5-4-6-8-20)13-15-26(19)31-27-16-14-24(35-3)18-25(27)28(29)32-33-30/h9-18,20,31,33H,4-8,30H2,1-3H3,(H2,29,32). The number of nitrogens with two attached hydrogens (primary N) is 2. The van der Waals surface area contributed by atoms with Crippen LogP contribution in [0.25, 0.3) is 0 Å². The largest absolute Gasteiger partial charge is 0.497 e. The minimum Gasteiger partial charge on any atom is -0.497 e. The zero-order valence-electron chi connectivity index (χ0n) is 20.8. The van der Waals surface area contributed by atoms with E-state index in [0.29, 0.717) is 11.3 Å². The minimum absolute atomic E-state index is 0.264. The molecular formula is C28H36N6O. The molecule has 1 saturated carbocycles. The molecule has 0 spiro atoms. The van der Waals surface area contributed by atoms with E-state index in [1.807, 2.05) is 18.2 Å². The number of nitrogens with zero attached hydrogens (tertiary/aromatic N) is 2. The van der Waals surface area contributed by atoms with Crippen molar-refractivity contribution in [3.63, 3.8) is 0 Å². The highest BCUT2D eigenvalue weighted by atomic mass is 16.5. The monoisotopic (exact) mass is 472 g/mol. The van der Waals surface area contributed by atoms with Gasteiger partial charge in [-0.25, -0.2) is 11.4 Å². The molecule has 0 unspecified atom stereocenters. The van der Waals surface area contributed by atoms with Gasteiger partial charge in [-0.1, -0.05) is 31.4 Å². The summed E-state index contributed by atoms with van der Waals surface area (Å²) in [4.78, 5) is 2.22. The maximum Gasteiger partial charge on any atom is 0.154 e. The number of hydrogen-bond donors (Lipinski definition) is 4. The second kappa shape index (κ2) is 11.1. The molecule has 1 fully saturated rings. The molecule has 0 saturated heterocycles. The third-order valence-electron chi connectivity index (χ3n) is 6.91. The van der Waals surface area contributed by atoms with E-state index >= 15 is 0 Å². The second-order valence-corrected chi connectivity index (χ2v) is 9.15. The zero-order chi connectivity index (χ0) is 24.8. The molecule has 0 radical (unpaired) electrons. The minimum atomic E-state index is 0.264. The van der Waals surface area contributed by atoms with Gasteiger partial charge >= 0.3 is 0 Å². The van der Waals surface area contributed by atoms with Crippen LogP contribution in [0.15, 0.2) is 65.8 Å². The summed E-state index contributed by atoms with van der Waals surface area (Å²) in [6, 6.07) is 21.1. The van der Waals surface area contributed by atoms with Crippen LogP contribution in [0, 0.1) is 6.92 Å². The van der Waals surface area contributed by atoms with Gasteiger partial charge in [-0.15, -0.1) is 5.10 Å². The number of nitrogens with one attached hydrogen (secondary N) is 2. The number of rotatable bonds is 8. The lowest BCUT2D eigenvalue weighted by Gasteiger charge is -2.24. The number of hydrazone groups is 1. The molecule has 35 heavy (non-hydrogen) atoms. The van der Waals surface area contributed by atoms with Crippen LogP contribution in [0.4, 0.5) is 22.7 Å². The molecule has 3 aromatic carbocycles. The molecule has 1 aliphatic rings. The number of benzene rings is 3. The van der Waals surface area contributed by atoms with Gasteiger partial charge in [0.15, 0.2) is 5.84 Å². The van der Waals surface area contributed by atoms with Gasteiger partial charge in [-0.3, -0.25) is 0 Å². The Morgan fingerprint density at radius 1 is 0.943 bits per heavy atom. The molecule has 1 aliphatic carbocycles. The fourth-order valence-electron chi connectivity index (χ4n) is 4.80. The molecule has 7 nitrogen and oxygen atoms in total. The van der Waals surface area contributed by atoms with Crippen molar-refractivity contribution in [3.05, 3.63) is 77.4 Å². The van der Waals surface area contributed by atoms with Gasteiger partial charge < -0.3 is 20.7 Å². The number of aryl methyl sites for hydroxylation is 1. The van der Waals surface area contributed by atoms with Gasteiger partial charge in [-0.05, 0) is 85.3 Å². The molecule has 0 bridgehead atoms. The van der Waals surface area contributed by atoms with Gasteiger partial charge in [0.1, 0.15) is 5.75 Å². The van der Waals surface area contributed by atoms with Gasteiger partial charge in [0.05, 0.1) is 7.11 Å². The van der Waals surface area contributed by atoms with Crippen LogP contribution in [-0.2, 0) is 0 Å². The summed E-state index contributed by atoms with van der Waals surface area (Å²) in [6.07, 6.45) is 6.73. The molecule has 7 heteroatoms. The van der Waals surface area contributed by atoms with Crippen molar-refractivity contribution in [2.75, 3.05) is 24.4 Å². The highest BCUT2D eigenvalue weighted by Gasteiger charge is 2.16. The van der Waals surface area contributed by atoms with Crippen molar-refractivity contribution in [1.82, 2.24) is 5.53 Å². The number of hydrogen-bond acceptors (Lipinski definition) is 6. The van der Waals surface area contributed by atoms with Gasteiger partial charge in [-0.2, -0.15) is 0 Å².